The Morgan fingerprint density at radius 3 is 2.27 bits per heavy atom. The van der Waals surface area contributed by atoms with Crippen LogP contribution in [0.15, 0.2) is 54.6 Å². The van der Waals surface area contributed by atoms with Crippen LogP contribution in [0.4, 0.5) is 10.5 Å². The van der Waals surface area contributed by atoms with E-state index in [1.807, 2.05) is 47.4 Å². The van der Waals surface area contributed by atoms with Crippen LogP contribution in [0.3, 0.4) is 0 Å². The number of urea groups is 1. The van der Waals surface area contributed by atoms with Crippen molar-refractivity contribution < 1.29 is 4.79 Å². The third kappa shape index (κ3) is 3.80. The maximum atomic E-state index is 12.8. The first kappa shape index (κ1) is 17.2. The zero-order valence-corrected chi connectivity index (χ0v) is 15.5. The molecule has 1 heterocycles. The normalized spacial score (nSPS) is 18.5. The van der Waals surface area contributed by atoms with E-state index in [0.29, 0.717) is 19.0 Å². The maximum absolute atomic E-state index is 12.8. The van der Waals surface area contributed by atoms with Crippen LogP contribution in [-0.2, 0) is 0 Å². The monoisotopic (exact) mass is 369 g/mol. The number of piperazine rings is 1. The van der Waals surface area contributed by atoms with Crippen molar-refractivity contribution in [2.24, 2.45) is 5.92 Å². The van der Waals surface area contributed by atoms with Crippen molar-refractivity contribution in [1.29, 1.82) is 0 Å². The van der Waals surface area contributed by atoms with Crippen molar-refractivity contribution in [3.63, 3.8) is 0 Å². The highest BCUT2D eigenvalue weighted by Crippen LogP contribution is 2.41. The summed E-state index contributed by atoms with van der Waals surface area (Å²) in [5.41, 5.74) is 2.26. The summed E-state index contributed by atoms with van der Waals surface area (Å²) in [6.07, 6.45) is 2.39. The van der Waals surface area contributed by atoms with Gasteiger partial charge in [-0.2, -0.15) is 0 Å². The molecule has 1 atom stereocenters. The second-order valence-electron chi connectivity index (χ2n) is 7.10. The quantitative estimate of drug-likeness (QED) is 0.871. The van der Waals surface area contributed by atoms with Crippen molar-refractivity contribution in [1.82, 2.24) is 10.2 Å². The molecule has 136 valence electrons. The van der Waals surface area contributed by atoms with Crippen LogP contribution in [0.2, 0.25) is 5.02 Å². The predicted octanol–water partition coefficient (Wildman–Crippen LogP) is 4.32. The van der Waals surface area contributed by atoms with Gasteiger partial charge in [0.25, 0.3) is 0 Å². The first-order chi connectivity index (χ1) is 12.7. The molecule has 2 aromatic carbocycles. The number of nitrogens with zero attached hydrogens (tertiary/aromatic N) is 2. The average Bonchev–Trinajstić information content (AvgIpc) is 3.52. The standard InChI is InChI=1S/C21H24ClN3O/c22-18-8-4-5-9-19(18)24-12-14-25(15-13-24)21(26)23-20(17-10-11-17)16-6-2-1-3-7-16/h1-9,17,20H,10-15H2,(H,23,26). The molecule has 4 nitrogen and oxygen atoms in total. The lowest BCUT2D eigenvalue weighted by atomic mass is 10.0. The van der Waals surface area contributed by atoms with Gasteiger partial charge in [0, 0.05) is 26.2 Å². The number of hydrogen-bond donors (Lipinski definition) is 1. The summed E-state index contributed by atoms with van der Waals surface area (Å²) in [5.74, 6) is 0.575. The van der Waals surface area contributed by atoms with Gasteiger partial charge in [0.15, 0.2) is 0 Å². The molecular formula is C21H24ClN3O. The third-order valence-corrected chi connectivity index (χ3v) is 5.61. The maximum Gasteiger partial charge on any atom is 0.318 e. The van der Waals surface area contributed by atoms with Gasteiger partial charge >= 0.3 is 6.03 Å². The van der Waals surface area contributed by atoms with Gasteiger partial charge in [-0.1, -0.05) is 54.1 Å². The largest absolute Gasteiger partial charge is 0.367 e. The van der Waals surface area contributed by atoms with Gasteiger partial charge in [-0.05, 0) is 36.5 Å². The van der Waals surface area contributed by atoms with E-state index in [1.54, 1.807) is 0 Å². The molecular weight excluding hydrogens is 346 g/mol. The fourth-order valence-corrected chi connectivity index (χ4v) is 3.90. The predicted molar refractivity (Wildman–Crippen MR) is 106 cm³/mol. The van der Waals surface area contributed by atoms with E-state index in [4.69, 9.17) is 11.6 Å². The molecule has 2 fully saturated rings. The van der Waals surface area contributed by atoms with E-state index in [2.05, 4.69) is 22.3 Å². The summed E-state index contributed by atoms with van der Waals surface area (Å²) in [5, 5.41) is 4.04. The Labute approximate surface area is 159 Å². The van der Waals surface area contributed by atoms with Crippen LogP contribution in [-0.4, -0.2) is 37.1 Å². The molecule has 0 aromatic heterocycles. The Kier molecular flexibility index (Phi) is 5.02. The molecule has 2 amide bonds. The lowest BCUT2D eigenvalue weighted by Gasteiger charge is -2.37. The molecule has 1 aliphatic heterocycles. The summed E-state index contributed by atoms with van der Waals surface area (Å²) in [6, 6.07) is 18.4. The Morgan fingerprint density at radius 1 is 0.962 bits per heavy atom. The molecule has 4 rings (SSSR count). The molecule has 1 saturated heterocycles. The Hall–Kier alpha value is -2.20. The lowest BCUT2D eigenvalue weighted by molar-refractivity contribution is 0.189. The van der Waals surface area contributed by atoms with Gasteiger partial charge in [-0.25, -0.2) is 4.79 Å². The van der Waals surface area contributed by atoms with Gasteiger partial charge in [-0.15, -0.1) is 0 Å². The molecule has 0 radical (unpaired) electrons. The number of benzene rings is 2. The van der Waals surface area contributed by atoms with Crippen LogP contribution in [0, 0.1) is 5.92 Å². The SMILES string of the molecule is O=C(NC(c1ccccc1)C1CC1)N1CCN(c2ccccc2Cl)CC1. The van der Waals surface area contributed by atoms with Gasteiger partial charge < -0.3 is 15.1 Å². The fourth-order valence-electron chi connectivity index (χ4n) is 3.65. The summed E-state index contributed by atoms with van der Waals surface area (Å²) >= 11 is 6.30. The van der Waals surface area contributed by atoms with Gasteiger partial charge in [0.2, 0.25) is 0 Å². The van der Waals surface area contributed by atoms with Gasteiger partial charge in [0.1, 0.15) is 0 Å². The number of rotatable bonds is 4. The highest BCUT2D eigenvalue weighted by molar-refractivity contribution is 6.33. The van der Waals surface area contributed by atoms with E-state index < -0.39 is 0 Å². The van der Waals surface area contributed by atoms with Crippen molar-refractivity contribution in [3.8, 4) is 0 Å². The number of hydrogen-bond acceptors (Lipinski definition) is 2. The molecule has 2 aliphatic rings. The van der Waals surface area contributed by atoms with Crippen LogP contribution in [0.25, 0.3) is 0 Å². The minimum absolute atomic E-state index is 0.0459. The Morgan fingerprint density at radius 2 is 1.62 bits per heavy atom. The number of nitrogens with one attached hydrogen (secondary N) is 1. The number of anilines is 1. The molecule has 26 heavy (non-hydrogen) atoms. The number of carbonyl (C=O) groups excluding carboxylic acids is 1. The average molecular weight is 370 g/mol. The van der Waals surface area contributed by atoms with Crippen LogP contribution in [0.5, 0.6) is 0 Å². The molecule has 2 aromatic rings. The molecule has 1 saturated carbocycles. The lowest BCUT2D eigenvalue weighted by Crippen LogP contribution is -2.52. The van der Waals surface area contributed by atoms with Crippen LogP contribution < -0.4 is 10.2 Å². The Bertz CT molecular complexity index is 755. The minimum Gasteiger partial charge on any atom is -0.367 e. The Balaban J connectivity index is 1.37. The smallest absolute Gasteiger partial charge is 0.318 e. The minimum atomic E-state index is 0.0459. The number of carbonyl (C=O) groups is 1. The second kappa shape index (κ2) is 7.58. The van der Waals surface area contributed by atoms with E-state index >= 15 is 0 Å². The molecule has 0 spiro atoms. The molecule has 1 aliphatic carbocycles. The fraction of sp³-hybridized carbons (Fsp3) is 0.381. The molecule has 5 heteroatoms. The first-order valence-corrected chi connectivity index (χ1v) is 9.70. The van der Waals surface area contributed by atoms with Gasteiger partial charge in [0.05, 0.1) is 16.8 Å². The van der Waals surface area contributed by atoms with Crippen molar-refractivity contribution in [2.75, 3.05) is 31.1 Å². The van der Waals surface area contributed by atoms with E-state index in [1.165, 1.54) is 18.4 Å². The summed E-state index contributed by atoms with van der Waals surface area (Å²) in [6.45, 7) is 3.03. The van der Waals surface area contributed by atoms with E-state index in [9.17, 15) is 4.79 Å². The number of halogens is 1. The number of para-hydroxylation sites is 1. The first-order valence-electron chi connectivity index (χ1n) is 9.32. The second-order valence-corrected chi connectivity index (χ2v) is 7.51. The zero-order valence-electron chi connectivity index (χ0n) is 14.8. The van der Waals surface area contributed by atoms with Crippen molar-refractivity contribution in [2.45, 2.75) is 18.9 Å². The molecule has 0 bridgehead atoms. The van der Waals surface area contributed by atoms with Crippen LogP contribution in [0.1, 0.15) is 24.4 Å². The zero-order chi connectivity index (χ0) is 17.9. The highest BCUT2D eigenvalue weighted by Gasteiger charge is 2.34. The summed E-state index contributed by atoms with van der Waals surface area (Å²) < 4.78 is 0. The molecule has 1 unspecified atom stereocenters. The van der Waals surface area contributed by atoms with Crippen molar-refractivity contribution >= 4 is 23.3 Å². The topological polar surface area (TPSA) is 35.6 Å². The number of amides is 2. The van der Waals surface area contributed by atoms with E-state index in [-0.39, 0.29) is 12.1 Å². The third-order valence-electron chi connectivity index (χ3n) is 5.29. The van der Waals surface area contributed by atoms with Crippen molar-refractivity contribution in [3.05, 3.63) is 65.2 Å². The van der Waals surface area contributed by atoms with Gasteiger partial charge in [-0.3, -0.25) is 0 Å². The van der Waals surface area contributed by atoms with Crippen LogP contribution >= 0.6 is 11.6 Å². The van der Waals surface area contributed by atoms with E-state index in [0.717, 1.165) is 23.8 Å². The summed E-state index contributed by atoms with van der Waals surface area (Å²) in [4.78, 5) is 17.0. The summed E-state index contributed by atoms with van der Waals surface area (Å²) in [7, 11) is 0. The highest BCUT2D eigenvalue weighted by atomic mass is 35.5. The molecule has 1 N–H and O–H groups in total.